The minimum atomic E-state index is 0.0398. The van der Waals surface area contributed by atoms with E-state index in [1.54, 1.807) is 6.07 Å². The Bertz CT molecular complexity index is 768. The molecule has 4 heteroatoms. The van der Waals surface area contributed by atoms with Gasteiger partial charge < -0.3 is 5.11 Å². The molecule has 0 saturated carbocycles. The Morgan fingerprint density at radius 3 is 2.56 bits per heavy atom. The molecule has 0 aromatic heterocycles. The molecule has 2 aromatic carbocycles. The van der Waals surface area contributed by atoms with E-state index in [1.165, 1.54) is 11.1 Å². The average Bonchev–Trinajstić information content (AvgIpc) is 2.63. The molecule has 1 aliphatic heterocycles. The molecule has 1 heterocycles. The first-order chi connectivity index (χ1) is 12.0. The molecular formula is C21H25BrN2O. The van der Waals surface area contributed by atoms with Gasteiger partial charge in [0.1, 0.15) is 11.9 Å². The van der Waals surface area contributed by atoms with Gasteiger partial charge in [-0.25, -0.2) is 0 Å². The second-order valence-corrected chi connectivity index (χ2v) is 7.86. The van der Waals surface area contributed by atoms with Crippen LogP contribution < -0.4 is 5.32 Å². The van der Waals surface area contributed by atoms with E-state index in [-0.39, 0.29) is 12.2 Å². The molecule has 2 atom stereocenters. The summed E-state index contributed by atoms with van der Waals surface area (Å²) < 4.78 is 0.972. The zero-order valence-electron chi connectivity index (χ0n) is 15.0. The van der Waals surface area contributed by atoms with Gasteiger partial charge in [-0.15, -0.1) is 0 Å². The second-order valence-electron chi connectivity index (χ2n) is 6.94. The van der Waals surface area contributed by atoms with Crippen LogP contribution in [-0.4, -0.2) is 17.0 Å². The maximum Gasteiger partial charge on any atom is 0.120 e. The lowest BCUT2D eigenvalue weighted by Gasteiger charge is -2.32. The summed E-state index contributed by atoms with van der Waals surface area (Å²) in [5.74, 6) is 0.702. The number of aliphatic imine (C=N–C) groups is 1. The van der Waals surface area contributed by atoms with Crippen molar-refractivity contribution in [3.63, 3.8) is 0 Å². The number of benzene rings is 2. The van der Waals surface area contributed by atoms with E-state index < -0.39 is 0 Å². The van der Waals surface area contributed by atoms with E-state index in [2.05, 4.69) is 66.3 Å². The minimum absolute atomic E-state index is 0.0398. The Balaban J connectivity index is 1.95. The number of aryl methyl sites for hydroxylation is 1. The molecular weight excluding hydrogens is 376 g/mol. The summed E-state index contributed by atoms with van der Waals surface area (Å²) in [5.41, 5.74) is 4.52. The van der Waals surface area contributed by atoms with Gasteiger partial charge in [-0.05, 0) is 41.7 Å². The molecule has 132 valence electrons. The quantitative estimate of drug-likeness (QED) is 0.738. The zero-order chi connectivity index (χ0) is 18.0. The molecule has 0 fully saturated rings. The maximum absolute atomic E-state index is 10.3. The predicted octanol–water partition coefficient (Wildman–Crippen LogP) is 5.22. The molecule has 0 bridgehead atoms. The smallest absolute Gasteiger partial charge is 0.120 e. The highest BCUT2D eigenvalue weighted by molar-refractivity contribution is 9.10. The molecule has 0 spiro atoms. The molecule has 0 aliphatic carbocycles. The molecule has 25 heavy (non-hydrogen) atoms. The van der Waals surface area contributed by atoms with Gasteiger partial charge >= 0.3 is 0 Å². The number of phenols is 1. The first-order valence-electron chi connectivity index (χ1n) is 8.88. The van der Waals surface area contributed by atoms with Crippen molar-refractivity contribution in [1.82, 2.24) is 5.32 Å². The topological polar surface area (TPSA) is 44.6 Å². The number of nitrogens with zero attached hydrogens (tertiary/aromatic N) is 1. The van der Waals surface area contributed by atoms with Crippen molar-refractivity contribution in [2.45, 2.75) is 45.8 Å². The number of rotatable bonds is 4. The predicted molar refractivity (Wildman–Crippen MR) is 107 cm³/mol. The van der Waals surface area contributed by atoms with E-state index in [4.69, 9.17) is 4.99 Å². The molecule has 2 N–H and O–H groups in total. The summed E-state index contributed by atoms with van der Waals surface area (Å²) in [4.78, 5) is 4.95. The number of aromatic hydroxyl groups is 1. The maximum atomic E-state index is 10.3. The first-order valence-corrected chi connectivity index (χ1v) is 9.67. The summed E-state index contributed by atoms with van der Waals surface area (Å²) in [6.07, 6.45) is 1.84. The van der Waals surface area contributed by atoms with Crippen molar-refractivity contribution < 1.29 is 5.11 Å². The van der Waals surface area contributed by atoms with Crippen LogP contribution in [0.1, 0.15) is 49.9 Å². The monoisotopic (exact) mass is 400 g/mol. The largest absolute Gasteiger partial charge is 0.508 e. The highest BCUT2D eigenvalue weighted by Gasteiger charge is 2.28. The summed E-state index contributed by atoms with van der Waals surface area (Å²) in [5, 5.41) is 13.9. The molecule has 0 radical (unpaired) electrons. The first kappa shape index (κ1) is 18.2. The number of hydrogen-bond acceptors (Lipinski definition) is 3. The lowest BCUT2D eigenvalue weighted by atomic mass is 9.92. The van der Waals surface area contributed by atoms with Crippen molar-refractivity contribution in [2.75, 3.05) is 0 Å². The van der Waals surface area contributed by atoms with Crippen molar-refractivity contribution in [3.05, 3.63) is 63.6 Å². The van der Waals surface area contributed by atoms with Gasteiger partial charge in [0.25, 0.3) is 0 Å². The van der Waals surface area contributed by atoms with E-state index in [9.17, 15) is 5.11 Å². The molecule has 3 rings (SSSR count). The van der Waals surface area contributed by atoms with Gasteiger partial charge in [0.2, 0.25) is 0 Å². The Kier molecular flexibility index (Phi) is 5.60. The number of nitrogens with one attached hydrogen (secondary N) is 1. The van der Waals surface area contributed by atoms with Crippen molar-refractivity contribution in [3.8, 4) is 5.75 Å². The van der Waals surface area contributed by atoms with Crippen LogP contribution in [0.2, 0.25) is 0 Å². The second kappa shape index (κ2) is 7.71. The van der Waals surface area contributed by atoms with Crippen LogP contribution >= 0.6 is 15.9 Å². The van der Waals surface area contributed by atoms with Gasteiger partial charge in [0.15, 0.2) is 0 Å². The van der Waals surface area contributed by atoms with Gasteiger partial charge in [-0.1, -0.05) is 61.0 Å². The molecule has 0 amide bonds. The Hall–Kier alpha value is -1.65. The summed E-state index contributed by atoms with van der Waals surface area (Å²) >= 11 is 3.51. The summed E-state index contributed by atoms with van der Waals surface area (Å²) in [6, 6.07) is 14.3. The Morgan fingerprint density at radius 1 is 1.20 bits per heavy atom. The van der Waals surface area contributed by atoms with Crippen LogP contribution in [0.15, 0.2) is 51.9 Å². The summed E-state index contributed by atoms with van der Waals surface area (Å²) in [7, 11) is 0. The lowest BCUT2D eigenvalue weighted by Crippen LogP contribution is -2.41. The van der Waals surface area contributed by atoms with Crippen LogP contribution in [0.3, 0.4) is 0 Å². The standard InChI is InChI=1S/C21H25BrN2O/c1-4-14-5-7-15(8-6-14)18-12-19(24-21(23-18)13(2)3)17-11-16(22)9-10-20(17)25/h5-11,13,19,21,24-25H,4,12H2,1-3H3/t19-,21+/m1/s1. The van der Waals surface area contributed by atoms with Crippen LogP contribution in [-0.2, 0) is 6.42 Å². The van der Waals surface area contributed by atoms with Crippen LogP contribution in [0.25, 0.3) is 0 Å². The van der Waals surface area contributed by atoms with Crippen molar-refractivity contribution >= 4 is 21.6 Å². The average molecular weight is 401 g/mol. The van der Waals surface area contributed by atoms with Crippen molar-refractivity contribution in [2.24, 2.45) is 10.9 Å². The fourth-order valence-electron chi connectivity index (χ4n) is 3.19. The van der Waals surface area contributed by atoms with Gasteiger partial charge in [0.05, 0.1) is 0 Å². The molecule has 2 aromatic rings. The van der Waals surface area contributed by atoms with Crippen molar-refractivity contribution in [1.29, 1.82) is 0 Å². The third-order valence-corrected chi connectivity index (χ3v) is 5.25. The van der Waals surface area contributed by atoms with E-state index in [0.717, 1.165) is 28.6 Å². The summed E-state index contributed by atoms with van der Waals surface area (Å²) in [6.45, 7) is 6.50. The van der Waals surface area contributed by atoms with Crippen LogP contribution in [0.4, 0.5) is 0 Å². The highest BCUT2D eigenvalue weighted by atomic mass is 79.9. The van der Waals surface area contributed by atoms with Gasteiger partial charge in [-0.3, -0.25) is 10.3 Å². The normalized spacial score (nSPS) is 20.6. The third kappa shape index (κ3) is 4.13. The van der Waals surface area contributed by atoms with Gasteiger partial charge in [0, 0.05) is 28.2 Å². The fraction of sp³-hybridized carbons (Fsp3) is 0.381. The van der Waals surface area contributed by atoms with Gasteiger partial charge in [-0.2, -0.15) is 0 Å². The Morgan fingerprint density at radius 2 is 1.92 bits per heavy atom. The van der Waals surface area contributed by atoms with E-state index in [0.29, 0.717) is 11.7 Å². The number of phenolic OH excluding ortho intramolecular Hbond substituents is 1. The SMILES string of the molecule is CCc1ccc(C2=N[C@H](C(C)C)N[C@@H](c3cc(Br)ccc3O)C2)cc1. The van der Waals surface area contributed by atoms with E-state index in [1.807, 2.05) is 12.1 Å². The number of hydrogen-bond donors (Lipinski definition) is 2. The molecule has 3 nitrogen and oxygen atoms in total. The molecule has 0 unspecified atom stereocenters. The van der Waals surface area contributed by atoms with E-state index >= 15 is 0 Å². The zero-order valence-corrected chi connectivity index (χ0v) is 16.5. The van der Waals surface area contributed by atoms with Crippen LogP contribution in [0.5, 0.6) is 5.75 Å². The molecule has 1 aliphatic rings. The minimum Gasteiger partial charge on any atom is -0.508 e. The highest BCUT2D eigenvalue weighted by Crippen LogP contribution is 2.33. The Labute approximate surface area is 158 Å². The number of halogens is 1. The van der Waals surface area contributed by atoms with Crippen LogP contribution in [0, 0.1) is 5.92 Å². The fourth-order valence-corrected chi connectivity index (χ4v) is 3.57. The molecule has 0 saturated heterocycles. The third-order valence-electron chi connectivity index (χ3n) is 4.76. The lowest BCUT2D eigenvalue weighted by molar-refractivity contribution is 0.345.